The van der Waals surface area contributed by atoms with Gasteiger partial charge < -0.3 is 5.11 Å². The van der Waals surface area contributed by atoms with Gasteiger partial charge in [-0.2, -0.15) is 5.10 Å². The van der Waals surface area contributed by atoms with Crippen molar-refractivity contribution in [3.05, 3.63) is 60.3 Å². The lowest BCUT2D eigenvalue weighted by atomic mass is 10.1. The average molecular weight is 224 g/mol. The Hall–Kier alpha value is -2.13. The molecular weight excluding hydrogens is 212 g/mol. The molecule has 0 aliphatic rings. The summed E-state index contributed by atoms with van der Waals surface area (Å²) in [4.78, 5) is 0. The number of fused-ring (bicyclic) bond motifs is 1. The molecule has 3 nitrogen and oxygen atoms in total. The van der Waals surface area contributed by atoms with Crippen molar-refractivity contribution in [2.24, 2.45) is 0 Å². The summed E-state index contributed by atoms with van der Waals surface area (Å²) in [6.07, 6.45) is 1.79. The number of aliphatic hydroxyl groups is 1. The lowest BCUT2D eigenvalue weighted by molar-refractivity contribution is 0.282. The van der Waals surface area contributed by atoms with Crippen LogP contribution in [0.2, 0.25) is 0 Å². The normalized spacial score (nSPS) is 10.9. The number of aromatic nitrogens is 2. The molecule has 0 saturated heterocycles. The molecule has 0 atom stereocenters. The van der Waals surface area contributed by atoms with E-state index in [2.05, 4.69) is 5.10 Å². The van der Waals surface area contributed by atoms with Crippen LogP contribution in [0, 0.1) is 0 Å². The minimum absolute atomic E-state index is 0.0756. The molecule has 0 amide bonds. The van der Waals surface area contributed by atoms with Gasteiger partial charge in [-0.1, -0.05) is 30.3 Å². The van der Waals surface area contributed by atoms with Gasteiger partial charge >= 0.3 is 0 Å². The van der Waals surface area contributed by atoms with Gasteiger partial charge in [-0.3, -0.25) is 0 Å². The monoisotopic (exact) mass is 224 g/mol. The predicted octanol–water partition coefficient (Wildman–Crippen LogP) is 2.49. The van der Waals surface area contributed by atoms with Crippen molar-refractivity contribution < 1.29 is 5.11 Å². The van der Waals surface area contributed by atoms with Crippen LogP contribution in [0.1, 0.15) is 5.56 Å². The van der Waals surface area contributed by atoms with Crippen molar-refractivity contribution in [1.29, 1.82) is 0 Å². The zero-order chi connectivity index (χ0) is 11.7. The number of benzene rings is 1. The number of hydrogen-bond donors (Lipinski definition) is 1. The highest BCUT2D eigenvalue weighted by atomic mass is 16.3. The highest BCUT2D eigenvalue weighted by molar-refractivity contribution is 5.64. The van der Waals surface area contributed by atoms with Crippen LogP contribution in [0.5, 0.6) is 0 Å². The number of rotatable bonds is 2. The minimum atomic E-state index is 0.0756. The molecule has 0 unspecified atom stereocenters. The maximum Gasteiger partial charge on any atom is 0.0724 e. The molecule has 0 radical (unpaired) electrons. The van der Waals surface area contributed by atoms with Crippen LogP contribution in [0.3, 0.4) is 0 Å². The molecule has 1 N–H and O–H groups in total. The van der Waals surface area contributed by atoms with Crippen LogP contribution in [0.25, 0.3) is 16.8 Å². The lowest BCUT2D eigenvalue weighted by Crippen LogP contribution is -1.93. The third-order valence-electron chi connectivity index (χ3n) is 2.85. The Morgan fingerprint density at radius 2 is 1.82 bits per heavy atom. The second-order valence-corrected chi connectivity index (χ2v) is 3.93. The van der Waals surface area contributed by atoms with Crippen molar-refractivity contribution in [3.63, 3.8) is 0 Å². The maximum absolute atomic E-state index is 9.02. The van der Waals surface area contributed by atoms with Crippen LogP contribution in [-0.2, 0) is 6.61 Å². The predicted molar refractivity (Wildman–Crippen MR) is 66.6 cm³/mol. The van der Waals surface area contributed by atoms with Gasteiger partial charge in [-0.25, -0.2) is 4.52 Å². The summed E-state index contributed by atoms with van der Waals surface area (Å²) in [6, 6.07) is 15.9. The summed E-state index contributed by atoms with van der Waals surface area (Å²) < 4.78 is 1.91. The van der Waals surface area contributed by atoms with E-state index in [4.69, 9.17) is 5.11 Å². The Morgan fingerprint density at radius 1 is 1.00 bits per heavy atom. The third kappa shape index (κ3) is 1.70. The molecule has 2 heterocycles. The van der Waals surface area contributed by atoms with Crippen molar-refractivity contribution >= 4 is 5.52 Å². The first-order chi connectivity index (χ1) is 8.38. The largest absolute Gasteiger partial charge is 0.392 e. The minimum Gasteiger partial charge on any atom is -0.392 e. The first-order valence-corrected chi connectivity index (χ1v) is 5.51. The van der Waals surface area contributed by atoms with E-state index in [9.17, 15) is 0 Å². The average Bonchev–Trinajstić information content (AvgIpc) is 2.87. The zero-order valence-electron chi connectivity index (χ0n) is 9.24. The van der Waals surface area contributed by atoms with E-state index in [1.165, 1.54) is 0 Å². The summed E-state index contributed by atoms with van der Waals surface area (Å²) in [5, 5.41) is 13.3. The maximum atomic E-state index is 9.02. The van der Waals surface area contributed by atoms with Crippen LogP contribution in [-0.4, -0.2) is 14.7 Å². The van der Waals surface area contributed by atoms with E-state index >= 15 is 0 Å². The second kappa shape index (κ2) is 4.03. The summed E-state index contributed by atoms with van der Waals surface area (Å²) >= 11 is 0. The number of nitrogens with zero attached hydrogens (tertiary/aromatic N) is 2. The van der Waals surface area contributed by atoms with Gasteiger partial charge in [0.25, 0.3) is 0 Å². The van der Waals surface area contributed by atoms with Gasteiger partial charge in [0.1, 0.15) is 0 Å². The number of pyridine rings is 1. The molecule has 0 aliphatic heterocycles. The number of hydrogen-bond acceptors (Lipinski definition) is 2. The van der Waals surface area contributed by atoms with Gasteiger partial charge in [0, 0.05) is 5.56 Å². The second-order valence-electron chi connectivity index (χ2n) is 3.93. The fourth-order valence-electron chi connectivity index (χ4n) is 1.95. The van der Waals surface area contributed by atoms with E-state index in [-0.39, 0.29) is 6.61 Å². The molecule has 0 saturated carbocycles. The van der Waals surface area contributed by atoms with Gasteiger partial charge in [-0.05, 0) is 23.8 Å². The van der Waals surface area contributed by atoms with Gasteiger partial charge in [0.15, 0.2) is 0 Å². The smallest absolute Gasteiger partial charge is 0.0724 e. The van der Waals surface area contributed by atoms with Crippen LogP contribution in [0.4, 0.5) is 0 Å². The van der Waals surface area contributed by atoms with Gasteiger partial charge in [0.2, 0.25) is 0 Å². The molecule has 0 aliphatic carbocycles. The molecule has 0 bridgehead atoms. The molecule has 1 aromatic carbocycles. The number of aliphatic hydroxyl groups excluding tert-OH is 1. The van der Waals surface area contributed by atoms with E-state index in [0.717, 1.165) is 22.3 Å². The van der Waals surface area contributed by atoms with Gasteiger partial charge in [-0.15, -0.1) is 0 Å². The van der Waals surface area contributed by atoms with E-state index in [0.29, 0.717) is 0 Å². The Labute approximate surface area is 99.0 Å². The molecule has 0 fully saturated rings. The SMILES string of the molecule is OCc1ccc(-c2cccc3ccnn23)cc1. The molecule has 2 aromatic heterocycles. The fourth-order valence-corrected chi connectivity index (χ4v) is 1.95. The Bertz CT molecular complexity index is 641. The molecule has 84 valence electrons. The fraction of sp³-hybridized carbons (Fsp3) is 0.0714. The van der Waals surface area contributed by atoms with Crippen molar-refractivity contribution in [3.8, 4) is 11.3 Å². The molecule has 17 heavy (non-hydrogen) atoms. The Balaban J connectivity index is 2.16. The first-order valence-electron chi connectivity index (χ1n) is 5.51. The highest BCUT2D eigenvalue weighted by Gasteiger charge is 2.03. The van der Waals surface area contributed by atoms with Crippen LogP contribution in [0.15, 0.2) is 54.7 Å². The van der Waals surface area contributed by atoms with Crippen LogP contribution < -0.4 is 0 Å². The quantitative estimate of drug-likeness (QED) is 0.726. The Kier molecular flexibility index (Phi) is 2.38. The molecular formula is C14H12N2O. The zero-order valence-corrected chi connectivity index (χ0v) is 9.24. The van der Waals surface area contributed by atoms with Crippen molar-refractivity contribution in [1.82, 2.24) is 9.61 Å². The molecule has 3 aromatic rings. The topological polar surface area (TPSA) is 37.5 Å². The first kappa shape index (κ1) is 10.1. The van der Waals surface area contributed by atoms with E-state index < -0.39 is 0 Å². The summed E-state index contributed by atoms with van der Waals surface area (Å²) in [5.74, 6) is 0. The lowest BCUT2D eigenvalue weighted by Gasteiger charge is -2.05. The van der Waals surface area contributed by atoms with Crippen molar-refractivity contribution in [2.75, 3.05) is 0 Å². The molecule has 3 heteroatoms. The van der Waals surface area contributed by atoms with Crippen molar-refractivity contribution in [2.45, 2.75) is 6.61 Å². The van der Waals surface area contributed by atoms with E-state index in [1.807, 2.05) is 53.0 Å². The van der Waals surface area contributed by atoms with E-state index in [1.54, 1.807) is 6.20 Å². The molecule has 0 spiro atoms. The summed E-state index contributed by atoms with van der Waals surface area (Å²) in [5.41, 5.74) is 4.14. The standard InChI is InChI=1S/C14H12N2O/c17-10-11-4-6-12(7-5-11)14-3-1-2-13-8-9-15-16(13)14/h1-9,17H,10H2. The van der Waals surface area contributed by atoms with Gasteiger partial charge in [0.05, 0.1) is 24.0 Å². The third-order valence-corrected chi connectivity index (χ3v) is 2.85. The summed E-state index contributed by atoms with van der Waals surface area (Å²) in [6.45, 7) is 0.0756. The Morgan fingerprint density at radius 3 is 2.59 bits per heavy atom. The molecule has 3 rings (SSSR count). The highest BCUT2D eigenvalue weighted by Crippen LogP contribution is 2.20. The summed E-state index contributed by atoms with van der Waals surface area (Å²) in [7, 11) is 0. The van der Waals surface area contributed by atoms with Crippen LogP contribution >= 0.6 is 0 Å².